The molecule has 2 nitrogen and oxygen atoms in total. The molecule has 0 aliphatic carbocycles. The van der Waals surface area contributed by atoms with Gasteiger partial charge in [0.15, 0.2) is 0 Å². The average molecular weight is 187 g/mol. The molecule has 0 N–H and O–H groups in total. The molecule has 0 rings (SSSR count). The molecule has 2 heteroatoms. The minimum absolute atomic E-state index is 0.299. The van der Waals surface area contributed by atoms with Gasteiger partial charge in [0.2, 0.25) is 0 Å². The van der Waals surface area contributed by atoms with Gasteiger partial charge in [-0.2, -0.15) is 0 Å². The summed E-state index contributed by atoms with van der Waals surface area (Å²) in [6.07, 6.45) is 1.51. The van der Waals surface area contributed by atoms with Crippen LogP contribution in [0.15, 0.2) is 0 Å². The zero-order chi connectivity index (χ0) is 10.5. The third-order valence-electron chi connectivity index (χ3n) is 2.32. The van der Waals surface area contributed by atoms with Gasteiger partial charge in [-0.05, 0) is 34.4 Å². The van der Waals surface area contributed by atoms with Gasteiger partial charge in [0.1, 0.15) is 0 Å². The van der Waals surface area contributed by atoms with Gasteiger partial charge in [-0.25, -0.2) is 0 Å². The second-order valence-electron chi connectivity index (χ2n) is 4.76. The van der Waals surface area contributed by atoms with Gasteiger partial charge >= 0.3 is 0 Å². The van der Waals surface area contributed by atoms with Crippen LogP contribution in [0.25, 0.3) is 0 Å². The largest absolute Gasteiger partial charge is 0.378 e. The van der Waals surface area contributed by atoms with Crippen LogP contribution in [0.1, 0.15) is 34.1 Å². The molecule has 0 saturated heterocycles. The Morgan fingerprint density at radius 1 is 1.31 bits per heavy atom. The maximum atomic E-state index is 5.67. The first-order chi connectivity index (χ1) is 5.89. The summed E-state index contributed by atoms with van der Waals surface area (Å²) in [5.74, 6) is 0. The predicted octanol–water partition coefficient (Wildman–Crippen LogP) is 2.39. The fourth-order valence-electron chi connectivity index (χ4n) is 1.39. The zero-order valence-corrected chi connectivity index (χ0v) is 10.1. The van der Waals surface area contributed by atoms with Crippen molar-refractivity contribution in [1.29, 1.82) is 0 Å². The van der Waals surface area contributed by atoms with Crippen molar-refractivity contribution in [2.75, 3.05) is 27.2 Å². The number of nitrogens with zero attached hydrogens (tertiary/aromatic N) is 1. The number of hydrogen-bond acceptors (Lipinski definition) is 2. The summed E-state index contributed by atoms with van der Waals surface area (Å²) < 4.78 is 5.67. The Labute approximate surface area is 83.3 Å². The van der Waals surface area contributed by atoms with Crippen LogP contribution in [0.3, 0.4) is 0 Å². The van der Waals surface area contributed by atoms with E-state index < -0.39 is 0 Å². The summed E-state index contributed by atoms with van der Waals surface area (Å²) in [4.78, 5) is 2.23. The second kappa shape index (κ2) is 5.61. The Balaban J connectivity index is 3.96. The van der Waals surface area contributed by atoms with E-state index in [9.17, 15) is 0 Å². The van der Waals surface area contributed by atoms with Gasteiger partial charge in [-0.15, -0.1) is 0 Å². The molecule has 0 saturated carbocycles. The molecule has 0 aromatic heterocycles. The first kappa shape index (κ1) is 12.9. The Hall–Kier alpha value is -0.0800. The molecule has 0 aromatic rings. The zero-order valence-electron chi connectivity index (χ0n) is 10.1. The third-order valence-corrected chi connectivity index (χ3v) is 2.32. The van der Waals surface area contributed by atoms with Crippen molar-refractivity contribution in [3.63, 3.8) is 0 Å². The molecule has 13 heavy (non-hydrogen) atoms. The van der Waals surface area contributed by atoms with Gasteiger partial charge in [0.25, 0.3) is 0 Å². The Morgan fingerprint density at radius 2 is 1.85 bits per heavy atom. The van der Waals surface area contributed by atoms with Crippen molar-refractivity contribution in [2.45, 2.75) is 40.2 Å². The molecule has 0 aliphatic heterocycles. The highest BCUT2D eigenvalue weighted by Crippen LogP contribution is 2.22. The quantitative estimate of drug-likeness (QED) is 0.633. The number of hydrogen-bond donors (Lipinski definition) is 0. The minimum atomic E-state index is 0.299. The summed E-state index contributed by atoms with van der Waals surface area (Å²) in [5, 5.41) is 0. The predicted molar refractivity (Wildman–Crippen MR) is 58.0 cm³/mol. The smallest absolute Gasteiger partial charge is 0.0535 e. The van der Waals surface area contributed by atoms with Gasteiger partial charge in [0.05, 0.1) is 12.7 Å². The van der Waals surface area contributed by atoms with E-state index in [0.717, 1.165) is 19.6 Å². The molecule has 80 valence electrons. The molecule has 0 amide bonds. The van der Waals surface area contributed by atoms with E-state index in [0.29, 0.717) is 11.5 Å². The molecule has 1 atom stereocenters. The van der Waals surface area contributed by atoms with Crippen molar-refractivity contribution in [3.8, 4) is 0 Å². The molecule has 1 unspecified atom stereocenters. The van der Waals surface area contributed by atoms with Crippen LogP contribution in [0, 0.1) is 5.41 Å². The summed E-state index contributed by atoms with van der Waals surface area (Å²) in [7, 11) is 4.23. The monoisotopic (exact) mass is 187 g/mol. The highest BCUT2D eigenvalue weighted by Gasteiger charge is 2.23. The maximum absolute atomic E-state index is 5.67. The van der Waals surface area contributed by atoms with Gasteiger partial charge in [0, 0.05) is 12.0 Å². The summed E-state index contributed by atoms with van der Waals surface area (Å²) in [5.41, 5.74) is 0.299. The normalized spacial score (nSPS) is 16.6. The van der Waals surface area contributed by atoms with E-state index >= 15 is 0 Å². The van der Waals surface area contributed by atoms with Crippen LogP contribution < -0.4 is 0 Å². The lowest BCUT2D eigenvalue weighted by Gasteiger charge is -2.31. The first-order valence-corrected chi connectivity index (χ1v) is 5.16. The summed E-state index contributed by atoms with van der Waals surface area (Å²) in [6.45, 7) is 10.6. The van der Waals surface area contributed by atoms with E-state index in [-0.39, 0.29) is 0 Å². The molecule has 0 heterocycles. The minimum Gasteiger partial charge on any atom is -0.378 e. The SMILES string of the molecule is CCC(C)(COC(C)C)CN(C)C. The lowest BCUT2D eigenvalue weighted by molar-refractivity contribution is 0.00221. The van der Waals surface area contributed by atoms with E-state index in [4.69, 9.17) is 4.74 Å². The highest BCUT2D eigenvalue weighted by molar-refractivity contribution is 4.75. The standard InChI is InChI=1S/C11H25NO/c1-7-11(4,8-12(5)6)9-13-10(2)3/h10H,7-9H2,1-6H3. The Morgan fingerprint density at radius 3 is 2.15 bits per heavy atom. The highest BCUT2D eigenvalue weighted by atomic mass is 16.5. The van der Waals surface area contributed by atoms with Crippen molar-refractivity contribution in [2.24, 2.45) is 5.41 Å². The lowest BCUT2D eigenvalue weighted by Crippen LogP contribution is -2.35. The molecule has 0 bridgehead atoms. The molecule has 0 radical (unpaired) electrons. The summed E-state index contributed by atoms with van der Waals surface area (Å²) >= 11 is 0. The van der Waals surface area contributed by atoms with Crippen molar-refractivity contribution >= 4 is 0 Å². The molecule has 0 spiro atoms. The number of ether oxygens (including phenoxy) is 1. The molecular weight excluding hydrogens is 162 g/mol. The molecule has 0 aliphatic rings. The fourth-order valence-corrected chi connectivity index (χ4v) is 1.39. The molecule has 0 aromatic carbocycles. The van der Waals surface area contributed by atoms with E-state index in [1.807, 2.05) is 0 Å². The van der Waals surface area contributed by atoms with Gasteiger partial charge in [-0.3, -0.25) is 0 Å². The molecular formula is C11H25NO. The van der Waals surface area contributed by atoms with Gasteiger partial charge < -0.3 is 9.64 Å². The van der Waals surface area contributed by atoms with Crippen LogP contribution in [0.4, 0.5) is 0 Å². The average Bonchev–Trinajstić information content (AvgIpc) is 2.00. The Kier molecular flexibility index (Phi) is 5.57. The van der Waals surface area contributed by atoms with Crippen LogP contribution in [-0.2, 0) is 4.74 Å². The first-order valence-electron chi connectivity index (χ1n) is 5.16. The Bertz CT molecular complexity index is 134. The lowest BCUT2D eigenvalue weighted by atomic mass is 9.88. The van der Waals surface area contributed by atoms with Crippen LogP contribution in [0.2, 0.25) is 0 Å². The van der Waals surface area contributed by atoms with Crippen LogP contribution >= 0.6 is 0 Å². The molecule has 0 fully saturated rings. The van der Waals surface area contributed by atoms with E-state index in [1.165, 1.54) is 0 Å². The van der Waals surface area contributed by atoms with Crippen LogP contribution in [-0.4, -0.2) is 38.3 Å². The topological polar surface area (TPSA) is 12.5 Å². The third kappa shape index (κ3) is 6.05. The summed E-state index contributed by atoms with van der Waals surface area (Å²) in [6, 6.07) is 0. The number of rotatable bonds is 6. The second-order valence-corrected chi connectivity index (χ2v) is 4.76. The van der Waals surface area contributed by atoms with E-state index in [2.05, 4.69) is 46.7 Å². The van der Waals surface area contributed by atoms with Gasteiger partial charge in [-0.1, -0.05) is 13.8 Å². The fraction of sp³-hybridized carbons (Fsp3) is 1.00. The van der Waals surface area contributed by atoms with Crippen molar-refractivity contribution in [1.82, 2.24) is 4.90 Å². The maximum Gasteiger partial charge on any atom is 0.0535 e. The van der Waals surface area contributed by atoms with Crippen molar-refractivity contribution < 1.29 is 4.74 Å². The van der Waals surface area contributed by atoms with E-state index in [1.54, 1.807) is 0 Å². The van der Waals surface area contributed by atoms with Crippen molar-refractivity contribution in [3.05, 3.63) is 0 Å². The van der Waals surface area contributed by atoms with Crippen LogP contribution in [0.5, 0.6) is 0 Å².